The fourth-order valence-electron chi connectivity index (χ4n) is 1.60. The van der Waals surface area contributed by atoms with Gasteiger partial charge in [-0.15, -0.1) is 0 Å². The fourth-order valence-corrected chi connectivity index (χ4v) is 1.84. The normalized spacial score (nSPS) is 15.8. The van der Waals surface area contributed by atoms with Crippen LogP contribution in [-0.4, -0.2) is 28.2 Å². The number of carbonyl (C=O) groups excluding carboxylic acids is 1. The van der Waals surface area contributed by atoms with Crippen molar-refractivity contribution in [3.8, 4) is 0 Å². The maximum Gasteiger partial charge on any atom is 0.196 e. The van der Waals surface area contributed by atoms with Crippen molar-refractivity contribution in [2.45, 2.75) is 38.8 Å². The Morgan fingerprint density at radius 2 is 2.38 bits per heavy atom. The summed E-state index contributed by atoms with van der Waals surface area (Å²) in [5.74, 6) is 0.0168. The fraction of sp³-hybridized carbons (Fsp3) is 0.636. The summed E-state index contributed by atoms with van der Waals surface area (Å²) >= 11 is 5.98. The van der Waals surface area contributed by atoms with E-state index in [1.807, 2.05) is 13.8 Å². The highest BCUT2D eigenvalue weighted by Crippen LogP contribution is 2.21. The SMILES string of the molecule is CC(C)n1ncc(Cl)c1C(=O)CNC1CC1. The standard InChI is InChI=1S/C11H16ClN3O/c1-7(2)15-11(9(12)5-14-15)10(16)6-13-8-3-4-8/h5,7-8,13H,3-4,6H2,1-2H3. The molecule has 0 aliphatic heterocycles. The van der Waals surface area contributed by atoms with Crippen LogP contribution < -0.4 is 5.32 Å². The first-order chi connectivity index (χ1) is 7.59. The first-order valence-corrected chi connectivity index (χ1v) is 5.97. The number of rotatable bonds is 5. The largest absolute Gasteiger partial charge is 0.307 e. The van der Waals surface area contributed by atoms with E-state index < -0.39 is 0 Å². The number of Topliss-reactive ketones (excluding diaryl/α,β-unsaturated/α-hetero) is 1. The molecule has 1 aromatic heterocycles. The summed E-state index contributed by atoms with van der Waals surface area (Å²) in [6, 6.07) is 0.672. The molecule has 88 valence electrons. The van der Waals surface area contributed by atoms with Gasteiger partial charge in [0.2, 0.25) is 0 Å². The van der Waals surface area contributed by atoms with E-state index in [0.717, 1.165) is 0 Å². The Hall–Kier alpha value is -0.870. The van der Waals surface area contributed by atoms with Gasteiger partial charge in [-0.25, -0.2) is 0 Å². The molecule has 1 aromatic rings. The third-order valence-corrected chi connectivity index (χ3v) is 2.91. The van der Waals surface area contributed by atoms with Gasteiger partial charge in [-0.05, 0) is 26.7 Å². The van der Waals surface area contributed by atoms with Crippen LogP contribution in [0.1, 0.15) is 43.2 Å². The lowest BCUT2D eigenvalue weighted by molar-refractivity contribution is 0.0978. The second-order valence-electron chi connectivity index (χ2n) is 4.46. The Bertz CT molecular complexity index is 396. The van der Waals surface area contributed by atoms with E-state index in [1.54, 1.807) is 4.68 Å². The van der Waals surface area contributed by atoms with E-state index in [2.05, 4.69) is 10.4 Å². The number of aromatic nitrogens is 2. The third kappa shape index (κ3) is 2.44. The minimum absolute atomic E-state index is 0.0168. The number of nitrogens with one attached hydrogen (secondary N) is 1. The second kappa shape index (κ2) is 4.55. The molecule has 5 heteroatoms. The zero-order valence-corrected chi connectivity index (χ0v) is 10.3. The summed E-state index contributed by atoms with van der Waals surface area (Å²) in [4.78, 5) is 12.0. The molecule has 0 amide bonds. The van der Waals surface area contributed by atoms with Crippen LogP contribution in [0.3, 0.4) is 0 Å². The van der Waals surface area contributed by atoms with Crippen molar-refractivity contribution in [3.05, 3.63) is 16.9 Å². The van der Waals surface area contributed by atoms with Crippen molar-refractivity contribution in [3.63, 3.8) is 0 Å². The van der Waals surface area contributed by atoms with E-state index >= 15 is 0 Å². The van der Waals surface area contributed by atoms with Gasteiger partial charge in [-0.3, -0.25) is 9.48 Å². The van der Waals surface area contributed by atoms with E-state index in [1.165, 1.54) is 19.0 Å². The van der Waals surface area contributed by atoms with Gasteiger partial charge in [0.1, 0.15) is 5.69 Å². The molecule has 16 heavy (non-hydrogen) atoms. The second-order valence-corrected chi connectivity index (χ2v) is 4.86. The Morgan fingerprint density at radius 3 is 2.94 bits per heavy atom. The molecule has 0 unspecified atom stereocenters. The summed E-state index contributed by atoms with van der Waals surface area (Å²) in [5, 5.41) is 7.74. The Balaban J connectivity index is 2.10. The van der Waals surface area contributed by atoms with Crippen LogP contribution in [0.2, 0.25) is 5.02 Å². The van der Waals surface area contributed by atoms with E-state index in [-0.39, 0.29) is 11.8 Å². The highest BCUT2D eigenvalue weighted by Gasteiger charge is 2.24. The van der Waals surface area contributed by atoms with Gasteiger partial charge in [0, 0.05) is 12.1 Å². The van der Waals surface area contributed by atoms with Crippen molar-refractivity contribution in [1.29, 1.82) is 0 Å². The van der Waals surface area contributed by atoms with E-state index in [4.69, 9.17) is 11.6 Å². The quantitative estimate of drug-likeness (QED) is 0.803. The van der Waals surface area contributed by atoms with Gasteiger partial charge < -0.3 is 5.32 Å². The molecule has 0 spiro atoms. The Morgan fingerprint density at radius 1 is 1.69 bits per heavy atom. The van der Waals surface area contributed by atoms with E-state index in [9.17, 15) is 4.79 Å². The zero-order valence-electron chi connectivity index (χ0n) is 9.53. The van der Waals surface area contributed by atoms with Crippen LogP contribution in [0.15, 0.2) is 6.20 Å². The predicted octanol–water partition coefficient (Wildman–Crippen LogP) is 2.05. The number of nitrogens with zero attached hydrogens (tertiary/aromatic N) is 2. The smallest absolute Gasteiger partial charge is 0.196 e. The number of ketones is 1. The lowest BCUT2D eigenvalue weighted by Crippen LogP contribution is -2.27. The van der Waals surface area contributed by atoms with Crippen molar-refractivity contribution < 1.29 is 4.79 Å². The first-order valence-electron chi connectivity index (χ1n) is 5.59. The first kappa shape index (κ1) is 11.6. The van der Waals surface area contributed by atoms with E-state index in [0.29, 0.717) is 23.3 Å². The van der Waals surface area contributed by atoms with Gasteiger partial charge in [-0.2, -0.15) is 5.10 Å². The molecule has 4 nitrogen and oxygen atoms in total. The van der Waals surface area contributed by atoms with Crippen LogP contribution in [0.5, 0.6) is 0 Å². The Kier molecular flexibility index (Phi) is 3.30. The molecule has 1 N–H and O–H groups in total. The summed E-state index contributed by atoms with van der Waals surface area (Å²) in [6.07, 6.45) is 3.88. The van der Waals surface area contributed by atoms with Gasteiger partial charge in [-0.1, -0.05) is 11.6 Å². The van der Waals surface area contributed by atoms with Crippen molar-refractivity contribution >= 4 is 17.4 Å². The summed E-state index contributed by atoms with van der Waals surface area (Å²) in [5.41, 5.74) is 0.518. The maximum atomic E-state index is 12.0. The highest BCUT2D eigenvalue weighted by atomic mass is 35.5. The maximum absolute atomic E-state index is 12.0. The molecule has 1 aliphatic rings. The Labute approximate surface area is 100.0 Å². The molecule has 2 rings (SSSR count). The lowest BCUT2D eigenvalue weighted by atomic mass is 10.2. The summed E-state index contributed by atoms with van der Waals surface area (Å²) in [6.45, 7) is 4.31. The number of hydrogen-bond acceptors (Lipinski definition) is 3. The molecule has 0 radical (unpaired) electrons. The van der Waals surface area contributed by atoms with Crippen LogP contribution in [0.25, 0.3) is 0 Å². The van der Waals surface area contributed by atoms with Crippen LogP contribution >= 0.6 is 11.6 Å². The van der Waals surface area contributed by atoms with Crippen LogP contribution in [-0.2, 0) is 0 Å². The number of carbonyl (C=O) groups is 1. The average Bonchev–Trinajstić information content (AvgIpc) is 2.97. The highest BCUT2D eigenvalue weighted by molar-refractivity contribution is 6.33. The predicted molar refractivity (Wildman–Crippen MR) is 63.0 cm³/mol. The van der Waals surface area contributed by atoms with Gasteiger partial charge in [0.05, 0.1) is 17.8 Å². The van der Waals surface area contributed by atoms with Crippen molar-refractivity contribution in [1.82, 2.24) is 15.1 Å². The number of hydrogen-bond donors (Lipinski definition) is 1. The molecule has 0 aromatic carbocycles. The molecular weight excluding hydrogens is 226 g/mol. The molecule has 0 saturated heterocycles. The average molecular weight is 242 g/mol. The number of halogens is 1. The van der Waals surface area contributed by atoms with Gasteiger partial charge in [0.15, 0.2) is 5.78 Å². The lowest BCUT2D eigenvalue weighted by Gasteiger charge is -2.10. The van der Waals surface area contributed by atoms with Crippen molar-refractivity contribution in [2.75, 3.05) is 6.54 Å². The summed E-state index contributed by atoms with van der Waals surface area (Å²) in [7, 11) is 0. The topological polar surface area (TPSA) is 46.9 Å². The van der Waals surface area contributed by atoms with Gasteiger partial charge >= 0.3 is 0 Å². The monoisotopic (exact) mass is 241 g/mol. The van der Waals surface area contributed by atoms with Crippen LogP contribution in [0, 0.1) is 0 Å². The van der Waals surface area contributed by atoms with Crippen LogP contribution in [0.4, 0.5) is 0 Å². The summed E-state index contributed by atoms with van der Waals surface area (Å²) < 4.78 is 1.68. The molecular formula is C11H16ClN3O. The van der Waals surface area contributed by atoms with Crippen molar-refractivity contribution in [2.24, 2.45) is 0 Å². The third-order valence-electron chi connectivity index (χ3n) is 2.63. The molecule has 1 fully saturated rings. The molecule has 0 bridgehead atoms. The molecule has 1 heterocycles. The minimum Gasteiger partial charge on any atom is -0.307 e. The zero-order chi connectivity index (χ0) is 11.7. The molecule has 0 atom stereocenters. The van der Waals surface area contributed by atoms with Gasteiger partial charge in [0.25, 0.3) is 0 Å². The molecule has 1 aliphatic carbocycles. The molecule has 1 saturated carbocycles. The minimum atomic E-state index is 0.0168.